The summed E-state index contributed by atoms with van der Waals surface area (Å²) in [5, 5.41) is 21.7. The third kappa shape index (κ3) is 11.4. The standard InChI is InChI=1S/C22H27NO5.C14H18O3/c1-16(25)23-19-15-26-20(12-24)22(28-14-18-10-6-3-7-11-18)21(19)27-13-17-8-4-2-5-9-17;15-14(16)12-7-4-8-13(9-12)17-10-11-5-2-1-3-6-11/h2-11,19-22,24H,12-15H2,1H3,(H,23,25);1-3,5-6,12-13H,4,7-10H2,(H,15,16)/t19?,20?,21-,22-;12?,13-/m00/s1. The highest BCUT2D eigenvalue weighted by Crippen LogP contribution is 2.27. The summed E-state index contributed by atoms with van der Waals surface area (Å²) in [5.41, 5.74) is 3.19. The SMILES string of the molecule is CC(=O)NC1COC(CO)[C@H](OCc2ccccc2)[C@H]1OCc1ccccc1.O=C(O)C1CCC[C@H](OCc2ccccc2)C1. The van der Waals surface area contributed by atoms with E-state index in [-0.39, 0.29) is 37.2 Å². The van der Waals surface area contributed by atoms with Crippen LogP contribution in [-0.2, 0) is 48.4 Å². The molecule has 5 rings (SSSR count). The minimum atomic E-state index is -0.682. The van der Waals surface area contributed by atoms with Crippen LogP contribution in [0.15, 0.2) is 91.0 Å². The lowest BCUT2D eigenvalue weighted by atomic mass is 9.87. The number of carboxylic acids is 1. The molecule has 3 aromatic rings. The smallest absolute Gasteiger partial charge is 0.306 e. The Morgan fingerprint density at radius 2 is 1.29 bits per heavy atom. The average molecular weight is 620 g/mol. The largest absolute Gasteiger partial charge is 0.481 e. The molecular weight excluding hydrogens is 574 g/mol. The number of carbonyl (C=O) groups excluding carboxylic acids is 1. The molecule has 3 unspecified atom stereocenters. The van der Waals surface area contributed by atoms with Gasteiger partial charge in [0.2, 0.25) is 5.91 Å². The Balaban J connectivity index is 0.000000231. The second kappa shape index (κ2) is 18.4. The molecule has 6 atom stereocenters. The maximum absolute atomic E-state index is 11.7. The molecule has 1 saturated heterocycles. The van der Waals surface area contributed by atoms with Crippen molar-refractivity contribution in [1.29, 1.82) is 0 Å². The summed E-state index contributed by atoms with van der Waals surface area (Å²) in [6.45, 7) is 2.87. The predicted molar refractivity (Wildman–Crippen MR) is 169 cm³/mol. The minimum Gasteiger partial charge on any atom is -0.481 e. The van der Waals surface area contributed by atoms with Gasteiger partial charge in [0, 0.05) is 6.92 Å². The van der Waals surface area contributed by atoms with Gasteiger partial charge in [-0.05, 0) is 36.0 Å². The van der Waals surface area contributed by atoms with E-state index in [0.29, 0.717) is 26.2 Å². The molecule has 0 spiro atoms. The summed E-state index contributed by atoms with van der Waals surface area (Å²) in [5.74, 6) is -1.06. The van der Waals surface area contributed by atoms with Crippen LogP contribution < -0.4 is 5.32 Å². The third-order valence-corrected chi connectivity index (χ3v) is 8.02. The number of nitrogens with one attached hydrogen (secondary N) is 1. The van der Waals surface area contributed by atoms with Crippen molar-refractivity contribution in [3.05, 3.63) is 108 Å². The van der Waals surface area contributed by atoms with Crippen molar-refractivity contribution in [3.8, 4) is 0 Å². The van der Waals surface area contributed by atoms with Crippen LogP contribution in [0.4, 0.5) is 0 Å². The lowest BCUT2D eigenvalue weighted by Gasteiger charge is -2.42. The fourth-order valence-corrected chi connectivity index (χ4v) is 5.65. The summed E-state index contributed by atoms with van der Waals surface area (Å²) >= 11 is 0. The van der Waals surface area contributed by atoms with Crippen molar-refractivity contribution in [2.75, 3.05) is 13.2 Å². The third-order valence-electron chi connectivity index (χ3n) is 8.02. The van der Waals surface area contributed by atoms with Crippen LogP contribution in [0.3, 0.4) is 0 Å². The first-order valence-corrected chi connectivity index (χ1v) is 15.6. The van der Waals surface area contributed by atoms with Crippen molar-refractivity contribution in [1.82, 2.24) is 5.32 Å². The summed E-state index contributed by atoms with van der Waals surface area (Å²) < 4.78 is 23.8. The average Bonchev–Trinajstić information content (AvgIpc) is 3.07. The van der Waals surface area contributed by atoms with Crippen LogP contribution >= 0.6 is 0 Å². The number of ether oxygens (including phenoxy) is 4. The quantitative estimate of drug-likeness (QED) is 0.262. The molecule has 1 aliphatic carbocycles. The highest BCUT2D eigenvalue weighted by atomic mass is 16.6. The number of aliphatic hydroxyl groups is 1. The second-order valence-corrected chi connectivity index (χ2v) is 11.5. The van der Waals surface area contributed by atoms with Gasteiger partial charge < -0.3 is 34.5 Å². The van der Waals surface area contributed by atoms with Gasteiger partial charge in [-0.2, -0.15) is 0 Å². The van der Waals surface area contributed by atoms with Gasteiger partial charge in [-0.25, -0.2) is 0 Å². The molecule has 242 valence electrons. The number of aliphatic carboxylic acids is 1. The lowest BCUT2D eigenvalue weighted by Crippen LogP contribution is -2.61. The Morgan fingerprint density at radius 1 is 0.778 bits per heavy atom. The predicted octanol–water partition coefficient (Wildman–Crippen LogP) is 4.90. The molecule has 1 amide bonds. The summed E-state index contributed by atoms with van der Waals surface area (Å²) in [4.78, 5) is 22.6. The fraction of sp³-hybridized carbons (Fsp3) is 0.444. The molecule has 9 nitrogen and oxygen atoms in total. The molecule has 1 aliphatic heterocycles. The Labute approximate surface area is 265 Å². The van der Waals surface area contributed by atoms with Gasteiger partial charge in [0.05, 0.1) is 51.1 Å². The first kappa shape index (κ1) is 34.3. The van der Waals surface area contributed by atoms with E-state index in [0.717, 1.165) is 36.0 Å². The minimum absolute atomic E-state index is 0.102. The molecule has 0 aromatic heterocycles. The van der Waals surface area contributed by atoms with Crippen LogP contribution in [0.2, 0.25) is 0 Å². The van der Waals surface area contributed by atoms with E-state index < -0.39 is 24.3 Å². The van der Waals surface area contributed by atoms with Gasteiger partial charge in [-0.15, -0.1) is 0 Å². The number of aliphatic hydroxyl groups excluding tert-OH is 1. The van der Waals surface area contributed by atoms with Crippen molar-refractivity contribution in [3.63, 3.8) is 0 Å². The molecule has 9 heteroatoms. The summed E-state index contributed by atoms with van der Waals surface area (Å²) in [7, 11) is 0. The second-order valence-electron chi connectivity index (χ2n) is 11.5. The maximum Gasteiger partial charge on any atom is 0.306 e. The van der Waals surface area contributed by atoms with Gasteiger partial charge in [-0.1, -0.05) is 97.4 Å². The van der Waals surface area contributed by atoms with Crippen LogP contribution in [-0.4, -0.2) is 65.8 Å². The Hall–Kier alpha value is -3.60. The van der Waals surface area contributed by atoms with Gasteiger partial charge in [-0.3, -0.25) is 9.59 Å². The molecule has 3 N–H and O–H groups in total. The van der Waals surface area contributed by atoms with Crippen LogP contribution in [0.1, 0.15) is 49.3 Å². The normalized spacial score (nSPS) is 24.6. The van der Waals surface area contributed by atoms with Crippen molar-refractivity contribution in [2.45, 2.75) is 82.9 Å². The highest BCUT2D eigenvalue weighted by Gasteiger charge is 2.42. The molecule has 45 heavy (non-hydrogen) atoms. The zero-order chi connectivity index (χ0) is 31.9. The number of carboxylic acid groups (broad SMARTS) is 1. The van der Waals surface area contributed by atoms with Crippen LogP contribution in [0.25, 0.3) is 0 Å². The number of amides is 1. The van der Waals surface area contributed by atoms with Crippen LogP contribution in [0, 0.1) is 5.92 Å². The summed E-state index contributed by atoms with van der Waals surface area (Å²) in [6.07, 6.45) is 2.01. The van der Waals surface area contributed by atoms with E-state index in [1.54, 1.807) is 0 Å². The number of hydrogen-bond acceptors (Lipinski definition) is 7. The molecule has 0 bridgehead atoms. The number of hydrogen-bond donors (Lipinski definition) is 3. The van der Waals surface area contributed by atoms with E-state index in [2.05, 4.69) is 5.32 Å². The highest BCUT2D eigenvalue weighted by molar-refractivity contribution is 5.73. The molecule has 2 aliphatic rings. The van der Waals surface area contributed by atoms with Gasteiger partial charge >= 0.3 is 5.97 Å². The first-order chi connectivity index (χ1) is 21.9. The summed E-state index contributed by atoms with van der Waals surface area (Å²) in [6, 6.07) is 29.3. The van der Waals surface area contributed by atoms with Gasteiger partial charge in [0.25, 0.3) is 0 Å². The topological polar surface area (TPSA) is 124 Å². The van der Waals surface area contributed by atoms with E-state index in [4.69, 9.17) is 24.1 Å². The van der Waals surface area contributed by atoms with Crippen LogP contribution in [0.5, 0.6) is 0 Å². The zero-order valence-electron chi connectivity index (χ0n) is 25.8. The number of carbonyl (C=O) groups is 2. The molecule has 3 aromatic carbocycles. The maximum atomic E-state index is 11.7. The molecule has 1 heterocycles. The monoisotopic (exact) mass is 619 g/mol. The molecule has 1 saturated carbocycles. The molecule has 0 radical (unpaired) electrons. The Kier molecular flexibility index (Phi) is 14.0. The lowest BCUT2D eigenvalue weighted by molar-refractivity contribution is -0.204. The van der Waals surface area contributed by atoms with Gasteiger partial charge in [0.1, 0.15) is 18.3 Å². The Bertz CT molecular complexity index is 1280. The fourth-order valence-electron chi connectivity index (χ4n) is 5.65. The van der Waals surface area contributed by atoms with Crippen molar-refractivity contribution in [2.24, 2.45) is 5.92 Å². The molecular formula is C36H45NO8. The van der Waals surface area contributed by atoms with Crippen molar-refractivity contribution >= 4 is 11.9 Å². The van der Waals surface area contributed by atoms with E-state index in [1.807, 2.05) is 91.0 Å². The Morgan fingerprint density at radius 3 is 1.78 bits per heavy atom. The zero-order valence-corrected chi connectivity index (χ0v) is 25.8. The van der Waals surface area contributed by atoms with Crippen molar-refractivity contribution < 1.29 is 38.7 Å². The molecule has 2 fully saturated rings. The van der Waals surface area contributed by atoms with E-state index in [9.17, 15) is 14.7 Å². The number of rotatable bonds is 12. The number of benzene rings is 3. The van der Waals surface area contributed by atoms with E-state index >= 15 is 0 Å². The van der Waals surface area contributed by atoms with Gasteiger partial charge in [0.15, 0.2) is 0 Å². The first-order valence-electron chi connectivity index (χ1n) is 15.6. The van der Waals surface area contributed by atoms with E-state index in [1.165, 1.54) is 6.92 Å².